The summed E-state index contributed by atoms with van der Waals surface area (Å²) in [4.78, 5) is 35.6. The Labute approximate surface area is 251 Å². The number of benzene rings is 3. The van der Waals surface area contributed by atoms with Gasteiger partial charge < -0.3 is 35.6 Å². The number of methoxy groups -OCH3 is 1. The maximum Gasteiger partial charge on any atom is 0.573 e. The molecule has 0 saturated heterocycles. The lowest BCUT2D eigenvalue weighted by molar-refractivity contribution is -0.274. The average molecular weight is 610 g/mol. The number of halogens is 3. The topological polar surface area (TPSA) is 130 Å². The minimum Gasteiger partial charge on any atom is -0.406 e. The Morgan fingerprint density at radius 1 is 0.909 bits per heavy atom. The number of urea groups is 1. The maximum atomic E-state index is 12.6. The van der Waals surface area contributed by atoms with E-state index in [1.165, 1.54) is 12.1 Å². The van der Waals surface area contributed by atoms with Crippen LogP contribution in [0.5, 0.6) is 5.75 Å². The Bertz CT molecular complexity index is 1580. The summed E-state index contributed by atoms with van der Waals surface area (Å²) in [6.07, 6.45) is -3.19. The van der Waals surface area contributed by atoms with Gasteiger partial charge in [0.2, 0.25) is 5.95 Å². The van der Waals surface area contributed by atoms with E-state index < -0.39 is 18.1 Å². The second-order valence-electron chi connectivity index (χ2n) is 9.40. The first kappa shape index (κ1) is 31.6. The minimum absolute atomic E-state index is 0.207. The third-order valence-electron chi connectivity index (χ3n) is 6.17. The van der Waals surface area contributed by atoms with Crippen molar-refractivity contribution in [2.24, 2.45) is 0 Å². The van der Waals surface area contributed by atoms with Gasteiger partial charge in [0.1, 0.15) is 11.6 Å². The van der Waals surface area contributed by atoms with Crippen LogP contribution in [-0.4, -0.2) is 55.6 Å². The van der Waals surface area contributed by atoms with Crippen molar-refractivity contribution in [1.82, 2.24) is 15.3 Å². The second-order valence-corrected chi connectivity index (χ2v) is 9.40. The normalized spacial score (nSPS) is 11.0. The zero-order valence-electron chi connectivity index (χ0n) is 24.0. The number of anilines is 6. The number of aryl methyl sites for hydroxylation is 1. The third kappa shape index (κ3) is 9.06. The molecule has 1 heterocycles. The van der Waals surface area contributed by atoms with E-state index in [1.807, 2.05) is 31.0 Å². The fraction of sp³-hybridized carbons (Fsp3) is 0.200. The standard InChI is InChI=1S/C30H30F3N7O4/c1-19-4-5-22(18-25(19)27(41)34-16-17-43-3)36-28-35-15-14-26(39-28)40(2)23-10-6-20(7-11-23)37-29(42)38-21-8-12-24(13-9-21)44-30(31,32)33/h4-15,18H,16-17H2,1-3H3,(H,34,41)(H,35,36,39)(H2,37,38,42). The summed E-state index contributed by atoms with van der Waals surface area (Å²) in [5.74, 6) is 0.319. The predicted molar refractivity (Wildman–Crippen MR) is 161 cm³/mol. The van der Waals surface area contributed by atoms with Gasteiger partial charge in [0, 0.05) is 55.2 Å². The van der Waals surface area contributed by atoms with Crippen molar-refractivity contribution in [1.29, 1.82) is 0 Å². The van der Waals surface area contributed by atoms with E-state index in [1.54, 1.807) is 49.7 Å². The molecule has 0 aliphatic carbocycles. The molecule has 0 radical (unpaired) electrons. The van der Waals surface area contributed by atoms with Crippen LogP contribution in [0.2, 0.25) is 0 Å². The molecule has 1 aromatic heterocycles. The molecule has 0 aliphatic heterocycles. The highest BCUT2D eigenvalue weighted by Crippen LogP contribution is 2.26. The van der Waals surface area contributed by atoms with Gasteiger partial charge >= 0.3 is 12.4 Å². The highest BCUT2D eigenvalue weighted by Gasteiger charge is 2.31. The molecule has 0 aliphatic rings. The zero-order chi connectivity index (χ0) is 31.7. The molecule has 44 heavy (non-hydrogen) atoms. The quantitative estimate of drug-likeness (QED) is 0.148. The third-order valence-corrected chi connectivity index (χ3v) is 6.17. The summed E-state index contributed by atoms with van der Waals surface area (Å²) in [7, 11) is 3.39. The van der Waals surface area contributed by atoms with Crippen molar-refractivity contribution in [3.63, 3.8) is 0 Å². The van der Waals surface area contributed by atoms with Crippen molar-refractivity contribution in [3.05, 3.63) is 90.1 Å². The Balaban J connectivity index is 1.36. The van der Waals surface area contributed by atoms with Crippen LogP contribution in [0.1, 0.15) is 15.9 Å². The molecular weight excluding hydrogens is 579 g/mol. The Kier molecular flexibility index (Phi) is 10.2. The van der Waals surface area contributed by atoms with Crippen LogP contribution in [0.3, 0.4) is 0 Å². The number of amides is 3. The van der Waals surface area contributed by atoms with Gasteiger partial charge in [0.15, 0.2) is 0 Å². The molecule has 0 unspecified atom stereocenters. The van der Waals surface area contributed by atoms with Gasteiger partial charge in [-0.15, -0.1) is 13.2 Å². The molecule has 4 rings (SSSR count). The number of carbonyl (C=O) groups excluding carboxylic acids is 2. The number of hydrogen-bond donors (Lipinski definition) is 4. The summed E-state index contributed by atoms with van der Waals surface area (Å²) in [6, 6.07) is 18.3. The predicted octanol–water partition coefficient (Wildman–Crippen LogP) is 6.22. The summed E-state index contributed by atoms with van der Waals surface area (Å²) in [5, 5.41) is 11.2. The van der Waals surface area contributed by atoms with Gasteiger partial charge in [-0.2, -0.15) is 4.98 Å². The lowest BCUT2D eigenvalue weighted by atomic mass is 10.1. The molecule has 3 amide bonds. The number of nitrogens with zero attached hydrogens (tertiary/aromatic N) is 3. The highest BCUT2D eigenvalue weighted by molar-refractivity contribution is 6.00. The highest BCUT2D eigenvalue weighted by atomic mass is 19.4. The van der Waals surface area contributed by atoms with E-state index in [0.29, 0.717) is 41.9 Å². The molecule has 0 atom stereocenters. The lowest BCUT2D eigenvalue weighted by Gasteiger charge is -2.19. The number of hydrogen-bond acceptors (Lipinski definition) is 8. The second kappa shape index (κ2) is 14.2. The molecule has 0 bridgehead atoms. The minimum atomic E-state index is -4.80. The van der Waals surface area contributed by atoms with Crippen molar-refractivity contribution in [2.75, 3.05) is 48.2 Å². The number of rotatable bonds is 11. The first-order valence-electron chi connectivity index (χ1n) is 13.3. The fourth-order valence-electron chi connectivity index (χ4n) is 3.97. The van der Waals surface area contributed by atoms with E-state index in [2.05, 4.69) is 36.0 Å². The Morgan fingerprint density at radius 2 is 1.55 bits per heavy atom. The van der Waals surface area contributed by atoms with Gasteiger partial charge in [0.05, 0.1) is 6.61 Å². The van der Waals surface area contributed by atoms with Crippen LogP contribution in [0, 0.1) is 6.92 Å². The number of aromatic nitrogens is 2. The summed E-state index contributed by atoms with van der Waals surface area (Å²) >= 11 is 0. The van der Waals surface area contributed by atoms with Crippen LogP contribution in [-0.2, 0) is 4.74 Å². The van der Waals surface area contributed by atoms with Gasteiger partial charge in [-0.1, -0.05) is 6.07 Å². The van der Waals surface area contributed by atoms with E-state index in [9.17, 15) is 22.8 Å². The number of carbonyl (C=O) groups is 2. The summed E-state index contributed by atoms with van der Waals surface area (Å²) in [6.45, 7) is 2.67. The van der Waals surface area contributed by atoms with Crippen molar-refractivity contribution in [3.8, 4) is 5.75 Å². The SMILES string of the molecule is COCCNC(=O)c1cc(Nc2nccc(N(C)c3ccc(NC(=O)Nc4ccc(OC(F)(F)F)cc4)cc3)n2)ccc1C. The van der Waals surface area contributed by atoms with Crippen molar-refractivity contribution in [2.45, 2.75) is 13.3 Å². The smallest absolute Gasteiger partial charge is 0.406 e. The first-order chi connectivity index (χ1) is 21.0. The monoisotopic (exact) mass is 609 g/mol. The van der Waals surface area contributed by atoms with Crippen LogP contribution >= 0.6 is 0 Å². The zero-order valence-corrected chi connectivity index (χ0v) is 24.0. The first-order valence-corrected chi connectivity index (χ1v) is 13.3. The molecule has 11 nitrogen and oxygen atoms in total. The molecule has 0 fully saturated rings. The molecule has 230 valence electrons. The van der Waals surface area contributed by atoms with Crippen LogP contribution in [0.4, 0.5) is 52.5 Å². The fourth-order valence-corrected chi connectivity index (χ4v) is 3.97. The average Bonchev–Trinajstić information content (AvgIpc) is 2.98. The lowest BCUT2D eigenvalue weighted by Crippen LogP contribution is -2.27. The molecule has 4 N–H and O–H groups in total. The van der Waals surface area contributed by atoms with Gasteiger partial charge in [0.25, 0.3) is 5.91 Å². The molecule has 4 aromatic rings. The van der Waals surface area contributed by atoms with Crippen LogP contribution in [0.15, 0.2) is 79.0 Å². The Morgan fingerprint density at radius 3 is 2.18 bits per heavy atom. The van der Waals surface area contributed by atoms with Gasteiger partial charge in [-0.25, -0.2) is 9.78 Å². The van der Waals surface area contributed by atoms with E-state index >= 15 is 0 Å². The number of alkyl halides is 3. The van der Waals surface area contributed by atoms with E-state index in [4.69, 9.17) is 4.74 Å². The maximum absolute atomic E-state index is 12.6. The van der Waals surface area contributed by atoms with Gasteiger partial charge in [-0.05, 0) is 79.2 Å². The molecule has 0 saturated carbocycles. The van der Waals surface area contributed by atoms with E-state index in [0.717, 1.165) is 23.4 Å². The van der Waals surface area contributed by atoms with Crippen LogP contribution < -0.4 is 30.9 Å². The molecular formula is C30H30F3N7O4. The molecule has 14 heteroatoms. The van der Waals surface area contributed by atoms with Crippen molar-refractivity contribution >= 4 is 46.5 Å². The molecule has 3 aromatic carbocycles. The van der Waals surface area contributed by atoms with Gasteiger partial charge in [-0.3, -0.25) is 4.79 Å². The van der Waals surface area contributed by atoms with Crippen molar-refractivity contribution < 1.29 is 32.2 Å². The molecule has 0 spiro atoms. The summed E-state index contributed by atoms with van der Waals surface area (Å²) < 4.78 is 45.8. The largest absolute Gasteiger partial charge is 0.573 e. The number of ether oxygens (including phenoxy) is 2. The number of nitrogens with one attached hydrogen (secondary N) is 4. The Hall–Kier alpha value is -5.37. The summed E-state index contributed by atoms with van der Waals surface area (Å²) in [5.41, 5.74) is 3.54. The van der Waals surface area contributed by atoms with E-state index in [-0.39, 0.29) is 11.6 Å². The van der Waals surface area contributed by atoms with Crippen LogP contribution in [0.25, 0.3) is 0 Å².